The Morgan fingerprint density at radius 2 is 2.21 bits per heavy atom. The maximum Gasteiger partial charge on any atom is 0.238 e. The number of H-pyrrole nitrogens is 1. The van der Waals surface area contributed by atoms with E-state index in [2.05, 4.69) is 37.6 Å². The topological polar surface area (TPSA) is 79.6 Å². The number of hydrogen-bond acceptors (Lipinski definition) is 5. The minimum absolute atomic E-state index is 0.104. The molecule has 3 heterocycles. The molecule has 0 aliphatic carbocycles. The van der Waals surface area contributed by atoms with E-state index in [9.17, 15) is 0 Å². The first-order chi connectivity index (χ1) is 9.42. The van der Waals surface area contributed by atoms with Gasteiger partial charge in [0.25, 0.3) is 0 Å². The number of hydrogen-bond donors (Lipinski definition) is 2. The standard InChI is InChI=1S/C13H11N5O/c1-2-4-10-8(3-1)9(7-16-10)13-17-12(18-19-13)11-14-5-6-15-11/h1-6,9,16H,7H2,(H,14,15). The van der Waals surface area contributed by atoms with Gasteiger partial charge in [-0.25, -0.2) is 4.98 Å². The van der Waals surface area contributed by atoms with Crippen LogP contribution < -0.4 is 5.32 Å². The Morgan fingerprint density at radius 3 is 3.11 bits per heavy atom. The lowest BCUT2D eigenvalue weighted by Crippen LogP contribution is -2.04. The highest BCUT2D eigenvalue weighted by Gasteiger charge is 2.28. The maximum atomic E-state index is 5.37. The van der Waals surface area contributed by atoms with Crippen molar-refractivity contribution in [3.05, 3.63) is 48.1 Å². The van der Waals surface area contributed by atoms with Gasteiger partial charge in [-0.1, -0.05) is 23.4 Å². The van der Waals surface area contributed by atoms with Crippen LogP contribution in [0.1, 0.15) is 17.4 Å². The minimum atomic E-state index is 0.104. The summed E-state index contributed by atoms with van der Waals surface area (Å²) in [6.45, 7) is 0.777. The molecule has 6 nitrogen and oxygen atoms in total. The third-order valence-corrected chi connectivity index (χ3v) is 3.28. The summed E-state index contributed by atoms with van der Waals surface area (Å²) in [5.74, 6) is 1.83. The molecule has 2 aromatic heterocycles. The van der Waals surface area contributed by atoms with Crippen molar-refractivity contribution >= 4 is 5.69 Å². The molecule has 2 N–H and O–H groups in total. The average molecular weight is 253 g/mol. The van der Waals surface area contributed by atoms with E-state index < -0.39 is 0 Å². The summed E-state index contributed by atoms with van der Waals surface area (Å²) in [6.07, 6.45) is 3.40. The number of para-hydroxylation sites is 1. The fraction of sp³-hybridized carbons (Fsp3) is 0.154. The Hall–Kier alpha value is -2.63. The van der Waals surface area contributed by atoms with Gasteiger partial charge in [-0.3, -0.25) is 0 Å². The van der Waals surface area contributed by atoms with Gasteiger partial charge in [0, 0.05) is 24.6 Å². The number of aromatic amines is 1. The number of fused-ring (bicyclic) bond motifs is 1. The zero-order valence-electron chi connectivity index (χ0n) is 10.00. The minimum Gasteiger partial charge on any atom is -0.384 e. The number of aromatic nitrogens is 4. The molecule has 0 amide bonds. The summed E-state index contributed by atoms with van der Waals surface area (Å²) in [6, 6.07) is 8.16. The van der Waals surface area contributed by atoms with Gasteiger partial charge >= 0.3 is 0 Å². The lowest BCUT2D eigenvalue weighted by Gasteiger charge is -2.02. The lowest BCUT2D eigenvalue weighted by molar-refractivity contribution is 0.370. The van der Waals surface area contributed by atoms with Crippen molar-refractivity contribution in [3.8, 4) is 11.6 Å². The van der Waals surface area contributed by atoms with Crippen molar-refractivity contribution in [1.82, 2.24) is 20.1 Å². The molecule has 3 aromatic rings. The molecule has 1 aromatic carbocycles. The molecular formula is C13H11N5O. The van der Waals surface area contributed by atoms with Gasteiger partial charge in [0.15, 0.2) is 5.82 Å². The first-order valence-corrected chi connectivity index (χ1v) is 6.08. The van der Waals surface area contributed by atoms with Gasteiger partial charge in [0.05, 0.1) is 5.92 Å². The first-order valence-electron chi connectivity index (χ1n) is 6.08. The predicted molar refractivity (Wildman–Crippen MR) is 68.7 cm³/mol. The maximum absolute atomic E-state index is 5.37. The summed E-state index contributed by atoms with van der Waals surface area (Å²) < 4.78 is 5.37. The van der Waals surface area contributed by atoms with Crippen LogP contribution in [0, 0.1) is 0 Å². The highest BCUT2D eigenvalue weighted by molar-refractivity contribution is 5.59. The molecule has 94 valence electrons. The Balaban J connectivity index is 1.71. The SMILES string of the molecule is c1ccc2c(c1)NCC2c1nc(-c2ncc[nH]2)no1. The van der Waals surface area contributed by atoms with Crippen LogP contribution in [-0.4, -0.2) is 26.7 Å². The molecule has 0 spiro atoms. The second-order valence-corrected chi connectivity index (χ2v) is 4.41. The molecule has 6 heteroatoms. The second kappa shape index (κ2) is 3.94. The van der Waals surface area contributed by atoms with Crippen molar-refractivity contribution in [2.45, 2.75) is 5.92 Å². The fourth-order valence-electron chi connectivity index (χ4n) is 2.36. The van der Waals surface area contributed by atoms with Crippen LogP contribution in [0.4, 0.5) is 5.69 Å². The Bertz CT molecular complexity index is 703. The predicted octanol–water partition coefficient (Wildman–Crippen LogP) is 2.02. The first kappa shape index (κ1) is 10.3. The zero-order valence-corrected chi connectivity index (χ0v) is 10.00. The Morgan fingerprint density at radius 1 is 1.26 bits per heavy atom. The fourth-order valence-corrected chi connectivity index (χ4v) is 2.36. The van der Waals surface area contributed by atoms with Gasteiger partial charge in [-0.05, 0) is 11.6 Å². The Kier molecular flexibility index (Phi) is 2.14. The molecule has 0 saturated heterocycles. The van der Waals surface area contributed by atoms with Gasteiger partial charge in [-0.15, -0.1) is 0 Å². The number of benzene rings is 1. The van der Waals surface area contributed by atoms with Crippen molar-refractivity contribution in [1.29, 1.82) is 0 Å². The molecular weight excluding hydrogens is 242 g/mol. The molecule has 0 fully saturated rings. The van der Waals surface area contributed by atoms with Crippen molar-refractivity contribution in [2.24, 2.45) is 0 Å². The van der Waals surface area contributed by atoms with Crippen LogP contribution in [0.25, 0.3) is 11.6 Å². The van der Waals surface area contributed by atoms with E-state index in [0.717, 1.165) is 12.2 Å². The van der Waals surface area contributed by atoms with Gasteiger partial charge in [0.1, 0.15) is 0 Å². The number of nitrogens with one attached hydrogen (secondary N) is 2. The van der Waals surface area contributed by atoms with Crippen molar-refractivity contribution in [3.63, 3.8) is 0 Å². The van der Waals surface area contributed by atoms with E-state index in [4.69, 9.17) is 4.52 Å². The van der Waals surface area contributed by atoms with Crippen LogP contribution in [-0.2, 0) is 0 Å². The highest BCUT2D eigenvalue weighted by atomic mass is 16.5. The molecule has 4 rings (SSSR count). The van der Waals surface area contributed by atoms with Crippen LogP contribution in [0.2, 0.25) is 0 Å². The second-order valence-electron chi connectivity index (χ2n) is 4.41. The summed E-state index contributed by atoms with van der Waals surface area (Å²) in [7, 11) is 0. The van der Waals surface area contributed by atoms with Crippen LogP contribution in [0.15, 0.2) is 41.2 Å². The number of rotatable bonds is 2. The van der Waals surface area contributed by atoms with Crippen LogP contribution in [0.5, 0.6) is 0 Å². The van der Waals surface area contributed by atoms with Gasteiger partial charge < -0.3 is 14.8 Å². The number of anilines is 1. The summed E-state index contributed by atoms with van der Waals surface area (Å²) in [4.78, 5) is 11.5. The van der Waals surface area contributed by atoms with Crippen LogP contribution >= 0.6 is 0 Å². The molecule has 1 unspecified atom stereocenters. The third kappa shape index (κ3) is 1.61. The van der Waals surface area contributed by atoms with E-state index in [1.807, 2.05) is 12.1 Å². The van der Waals surface area contributed by atoms with E-state index in [-0.39, 0.29) is 5.92 Å². The van der Waals surface area contributed by atoms with E-state index >= 15 is 0 Å². The van der Waals surface area contributed by atoms with Crippen LogP contribution in [0.3, 0.4) is 0 Å². The quantitative estimate of drug-likeness (QED) is 0.730. The smallest absolute Gasteiger partial charge is 0.238 e. The molecule has 1 aliphatic rings. The summed E-state index contributed by atoms with van der Waals surface area (Å²) >= 11 is 0. The monoisotopic (exact) mass is 253 g/mol. The Labute approximate surface area is 108 Å². The largest absolute Gasteiger partial charge is 0.384 e. The number of imidazole rings is 1. The van der Waals surface area contributed by atoms with Crippen molar-refractivity contribution < 1.29 is 4.52 Å². The van der Waals surface area contributed by atoms with E-state index in [1.165, 1.54) is 5.56 Å². The highest BCUT2D eigenvalue weighted by Crippen LogP contribution is 2.35. The lowest BCUT2D eigenvalue weighted by atomic mass is 10.0. The normalized spacial score (nSPS) is 17.2. The van der Waals surface area contributed by atoms with E-state index in [1.54, 1.807) is 12.4 Å². The zero-order chi connectivity index (χ0) is 12.7. The van der Waals surface area contributed by atoms with Gasteiger partial charge in [-0.2, -0.15) is 4.98 Å². The van der Waals surface area contributed by atoms with Crippen molar-refractivity contribution in [2.75, 3.05) is 11.9 Å². The summed E-state index contributed by atoms with van der Waals surface area (Å²) in [5.41, 5.74) is 2.32. The molecule has 1 atom stereocenters. The molecule has 1 aliphatic heterocycles. The summed E-state index contributed by atoms with van der Waals surface area (Å²) in [5, 5.41) is 7.31. The van der Waals surface area contributed by atoms with E-state index in [0.29, 0.717) is 17.5 Å². The van der Waals surface area contributed by atoms with Gasteiger partial charge in [0.2, 0.25) is 11.7 Å². The molecule has 0 saturated carbocycles. The third-order valence-electron chi connectivity index (χ3n) is 3.28. The molecule has 19 heavy (non-hydrogen) atoms. The number of nitrogens with zero attached hydrogens (tertiary/aromatic N) is 3. The average Bonchev–Trinajstić information content (AvgIpc) is 3.18. The molecule has 0 radical (unpaired) electrons. The molecule has 0 bridgehead atoms.